The van der Waals surface area contributed by atoms with Crippen LogP contribution in [0.2, 0.25) is 0 Å². The van der Waals surface area contributed by atoms with E-state index in [0.29, 0.717) is 6.61 Å². The van der Waals surface area contributed by atoms with Gasteiger partial charge in [-0.3, -0.25) is 4.79 Å². The minimum absolute atomic E-state index is 0.0481. The molecule has 1 unspecified atom stereocenters. The smallest absolute Gasteiger partial charge is 0.231 e. The van der Waals surface area contributed by atoms with Gasteiger partial charge in [0.2, 0.25) is 5.91 Å². The molecule has 0 fully saturated rings. The number of para-hydroxylation sites is 1. The first-order valence-corrected chi connectivity index (χ1v) is 5.97. The Bertz CT molecular complexity index is 526. The van der Waals surface area contributed by atoms with E-state index in [4.69, 9.17) is 15.7 Å². The van der Waals surface area contributed by atoms with Crippen LogP contribution in [0.25, 0.3) is 0 Å². The van der Waals surface area contributed by atoms with E-state index in [-0.39, 0.29) is 17.7 Å². The molecule has 0 spiro atoms. The normalized spacial score (nSPS) is 18.6. The largest absolute Gasteiger partial charge is 0.492 e. The Morgan fingerprint density at radius 3 is 2.89 bits per heavy atom. The molecule has 6 nitrogen and oxygen atoms in total. The zero-order chi connectivity index (χ0) is 14.0. The Hall–Kier alpha value is -2.24. The molecule has 1 atom stereocenters. The summed E-state index contributed by atoms with van der Waals surface area (Å²) in [6, 6.07) is 7.42. The highest BCUT2D eigenvalue weighted by molar-refractivity contribution is 5.95. The molecule has 6 heteroatoms. The van der Waals surface area contributed by atoms with Crippen molar-refractivity contribution in [1.82, 2.24) is 5.32 Å². The van der Waals surface area contributed by atoms with Gasteiger partial charge in [-0.25, -0.2) is 0 Å². The molecule has 1 aromatic carbocycles. The first kappa shape index (κ1) is 13.2. The van der Waals surface area contributed by atoms with Gasteiger partial charge >= 0.3 is 0 Å². The third-order valence-electron chi connectivity index (χ3n) is 3.20. The van der Waals surface area contributed by atoms with Crippen LogP contribution in [0.15, 0.2) is 29.4 Å². The molecule has 0 saturated heterocycles. The number of carbonyl (C=O) groups is 1. The van der Waals surface area contributed by atoms with Gasteiger partial charge in [-0.05, 0) is 19.9 Å². The molecule has 102 valence electrons. The molecule has 2 rings (SSSR count). The summed E-state index contributed by atoms with van der Waals surface area (Å²) in [6.45, 7) is 3.64. The van der Waals surface area contributed by atoms with E-state index in [1.165, 1.54) is 0 Å². The number of nitrogens with zero attached hydrogens (tertiary/aromatic N) is 1. The minimum Gasteiger partial charge on any atom is -0.492 e. The van der Waals surface area contributed by atoms with Crippen LogP contribution >= 0.6 is 0 Å². The van der Waals surface area contributed by atoms with E-state index in [2.05, 4.69) is 10.5 Å². The van der Waals surface area contributed by atoms with Crippen molar-refractivity contribution >= 4 is 11.7 Å². The second-order valence-corrected chi connectivity index (χ2v) is 5.00. The van der Waals surface area contributed by atoms with Crippen LogP contribution in [-0.4, -0.2) is 29.1 Å². The number of oxime groups is 1. The van der Waals surface area contributed by atoms with Crippen molar-refractivity contribution in [2.45, 2.75) is 25.3 Å². The minimum atomic E-state index is -0.913. The van der Waals surface area contributed by atoms with Crippen molar-refractivity contribution < 1.29 is 14.7 Å². The van der Waals surface area contributed by atoms with E-state index in [1.54, 1.807) is 13.8 Å². The van der Waals surface area contributed by atoms with E-state index in [9.17, 15) is 4.79 Å². The van der Waals surface area contributed by atoms with Crippen molar-refractivity contribution in [3.05, 3.63) is 29.8 Å². The number of carbonyl (C=O) groups excluding carboxylic acids is 1. The summed E-state index contributed by atoms with van der Waals surface area (Å²) in [5.74, 6) is 0.0980. The molecular formula is C13H17N3O3. The summed E-state index contributed by atoms with van der Waals surface area (Å²) in [7, 11) is 0. The molecule has 1 amide bonds. The third-order valence-corrected chi connectivity index (χ3v) is 3.20. The maximum absolute atomic E-state index is 12.3. The highest BCUT2D eigenvalue weighted by atomic mass is 16.5. The summed E-state index contributed by atoms with van der Waals surface area (Å²) >= 11 is 0. The average Bonchev–Trinajstić information content (AvgIpc) is 2.81. The average molecular weight is 263 g/mol. The van der Waals surface area contributed by atoms with Gasteiger partial charge < -0.3 is 21.0 Å². The maximum Gasteiger partial charge on any atom is 0.231 e. The first-order valence-electron chi connectivity index (χ1n) is 5.97. The highest BCUT2D eigenvalue weighted by Crippen LogP contribution is 2.33. The van der Waals surface area contributed by atoms with E-state index < -0.39 is 5.54 Å². The summed E-state index contributed by atoms with van der Waals surface area (Å²) < 4.78 is 5.46. The Kier molecular flexibility index (Phi) is 3.33. The molecule has 0 bridgehead atoms. The fraction of sp³-hybridized carbons (Fsp3) is 0.385. The number of nitrogens with one attached hydrogen (secondary N) is 1. The van der Waals surface area contributed by atoms with Crippen LogP contribution < -0.4 is 15.8 Å². The lowest BCUT2D eigenvalue weighted by Gasteiger charge is -2.26. The first-order chi connectivity index (χ1) is 8.95. The summed E-state index contributed by atoms with van der Waals surface area (Å²) in [4.78, 5) is 12.3. The Morgan fingerprint density at radius 2 is 2.21 bits per heavy atom. The number of amidine groups is 1. The van der Waals surface area contributed by atoms with Crippen LogP contribution in [0.3, 0.4) is 0 Å². The van der Waals surface area contributed by atoms with Crippen molar-refractivity contribution in [3.8, 4) is 5.75 Å². The number of nitrogens with two attached hydrogens (primary N) is 1. The molecule has 0 aromatic heterocycles. The summed E-state index contributed by atoms with van der Waals surface area (Å²) in [6.07, 6.45) is 0. The van der Waals surface area contributed by atoms with Gasteiger partial charge in [0.25, 0.3) is 0 Å². The molecular weight excluding hydrogens is 246 g/mol. The van der Waals surface area contributed by atoms with E-state index >= 15 is 0 Å². The van der Waals surface area contributed by atoms with Gasteiger partial charge in [0, 0.05) is 5.56 Å². The van der Waals surface area contributed by atoms with Gasteiger partial charge in [-0.15, -0.1) is 0 Å². The second-order valence-electron chi connectivity index (χ2n) is 5.00. The van der Waals surface area contributed by atoms with Gasteiger partial charge in [-0.2, -0.15) is 0 Å². The van der Waals surface area contributed by atoms with Crippen LogP contribution in [0.4, 0.5) is 0 Å². The Morgan fingerprint density at radius 1 is 1.53 bits per heavy atom. The predicted molar refractivity (Wildman–Crippen MR) is 70.3 cm³/mol. The highest BCUT2D eigenvalue weighted by Gasteiger charge is 2.34. The quantitative estimate of drug-likeness (QED) is 0.325. The molecule has 1 aliphatic rings. The standard InChI is InChI=1S/C13H17N3O3/c1-13(2,12(14)16-18)15-11(17)9-7-19-10-6-4-3-5-8(9)10/h3-6,9,18H,7H2,1-2H3,(H2,14,16)(H,15,17). The number of fused-ring (bicyclic) bond motifs is 1. The van der Waals surface area contributed by atoms with Crippen molar-refractivity contribution in [3.63, 3.8) is 0 Å². The lowest BCUT2D eigenvalue weighted by atomic mass is 9.97. The topological polar surface area (TPSA) is 96.9 Å². The monoisotopic (exact) mass is 263 g/mol. The van der Waals surface area contributed by atoms with Crippen molar-refractivity contribution in [2.24, 2.45) is 10.9 Å². The predicted octanol–water partition coefficient (Wildman–Crippen LogP) is 0.804. The van der Waals surface area contributed by atoms with E-state index in [0.717, 1.165) is 11.3 Å². The zero-order valence-electron chi connectivity index (χ0n) is 10.9. The summed E-state index contributed by atoms with van der Waals surface area (Å²) in [5, 5.41) is 14.4. The van der Waals surface area contributed by atoms with Crippen LogP contribution in [-0.2, 0) is 4.79 Å². The number of hydrogen-bond donors (Lipinski definition) is 3. The van der Waals surface area contributed by atoms with Gasteiger partial charge in [0.1, 0.15) is 18.3 Å². The molecule has 1 aliphatic heterocycles. The molecule has 4 N–H and O–H groups in total. The molecule has 19 heavy (non-hydrogen) atoms. The number of rotatable bonds is 3. The number of benzene rings is 1. The molecule has 1 aromatic rings. The molecule has 1 heterocycles. The number of ether oxygens (including phenoxy) is 1. The fourth-order valence-electron chi connectivity index (χ4n) is 1.96. The van der Waals surface area contributed by atoms with Crippen LogP contribution in [0, 0.1) is 0 Å². The summed E-state index contributed by atoms with van der Waals surface area (Å²) in [5.41, 5.74) is 5.49. The SMILES string of the molecule is CC(C)(NC(=O)C1COc2ccccc21)C(N)=NO. The third kappa shape index (κ3) is 2.47. The molecule has 0 radical (unpaired) electrons. The number of amides is 1. The Labute approximate surface area is 111 Å². The lowest BCUT2D eigenvalue weighted by Crippen LogP contribution is -2.54. The van der Waals surface area contributed by atoms with Crippen molar-refractivity contribution in [1.29, 1.82) is 0 Å². The maximum atomic E-state index is 12.3. The van der Waals surface area contributed by atoms with Gasteiger partial charge in [0.05, 0.1) is 5.54 Å². The van der Waals surface area contributed by atoms with Gasteiger partial charge in [-0.1, -0.05) is 23.4 Å². The van der Waals surface area contributed by atoms with E-state index in [1.807, 2.05) is 24.3 Å². The van der Waals surface area contributed by atoms with Crippen molar-refractivity contribution in [2.75, 3.05) is 6.61 Å². The lowest BCUT2D eigenvalue weighted by molar-refractivity contribution is -0.123. The number of hydrogen-bond acceptors (Lipinski definition) is 4. The van der Waals surface area contributed by atoms with Crippen LogP contribution in [0.1, 0.15) is 25.3 Å². The second kappa shape index (κ2) is 4.79. The van der Waals surface area contributed by atoms with Gasteiger partial charge in [0.15, 0.2) is 5.84 Å². The van der Waals surface area contributed by atoms with Crippen LogP contribution in [0.5, 0.6) is 5.75 Å². The fourth-order valence-corrected chi connectivity index (χ4v) is 1.96. The molecule has 0 aliphatic carbocycles. The Balaban J connectivity index is 2.15. The molecule has 0 saturated carbocycles. The zero-order valence-corrected chi connectivity index (χ0v) is 10.9.